The summed E-state index contributed by atoms with van der Waals surface area (Å²) in [5, 5.41) is 1.04. The van der Waals surface area contributed by atoms with Crippen LogP contribution < -0.4 is 5.56 Å². The number of carbonyl (C=O) groups excluding carboxylic acids is 1. The second kappa shape index (κ2) is 7.43. The summed E-state index contributed by atoms with van der Waals surface area (Å²) in [6, 6.07) is 7.11. The van der Waals surface area contributed by atoms with Crippen LogP contribution >= 0.6 is 22.9 Å². The van der Waals surface area contributed by atoms with Crippen molar-refractivity contribution >= 4 is 50.8 Å². The fraction of sp³-hybridized carbons (Fsp3) is 0.211. The van der Waals surface area contributed by atoms with E-state index in [4.69, 9.17) is 16.3 Å². The topological polar surface area (TPSA) is 72.0 Å². The molecule has 0 aliphatic heterocycles. The first kappa shape index (κ1) is 18.4. The smallest absolute Gasteiger partial charge is 0.341 e. The molecule has 0 amide bonds. The first-order valence-corrected chi connectivity index (χ1v) is 9.25. The maximum atomic E-state index is 12.5. The third kappa shape index (κ3) is 3.43. The van der Waals surface area contributed by atoms with Gasteiger partial charge in [0.25, 0.3) is 5.56 Å². The van der Waals surface area contributed by atoms with Gasteiger partial charge in [-0.15, -0.1) is 11.3 Å². The number of benzene rings is 1. The molecule has 0 spiro atoms. The van der Waals surface area contributed by atoms with Gasteiger partial charge in [0.15, 0.2) is 0 Å². The maximum Gasteiger partial charge on any atom is 0.341 e. The van der Waals surface area contributed by atoms with Gasteiger partial charge in [-0.1, -0.05) is 29.8 Å². The molecule has 0 unspecified atom stereocenters. The van der Waals surface area contributed by atoms with E-state index in [9.17, 15) is 9.59 Å². The third-order valence-corrected chi connectivity index (χ3v) is 5.44. The highest BCUT2D eigenvalue weighted by Crippen LogP contribution is 2.28. The normalized spacial score (nSPS) is 11.8. The van der Waals surface area contributed by atoms with Crippen molar-refractivity contribution in [1.29, 1.82) is 0 Å². The zero-order chi connectivity index (χ0) is 18.8. The number of thiophene rings is 1. The lowest BCUT2D eigenvalue weighted by Gasteiger charge is -2.08. The van der Waals surface area contributed by atoms with Crippen LogP contribution in [0.15, 0.2) is 29.1 Å². The van der Waals surface area contributed by atoms with Crippen LogP contribution in [0.3, 0.4) is 0 Å². The molecule has 134 valence electrons. The Morgan fingerprint density at radius 3 is 2.77 bits per heavy atom. The van der Waals surface area contributed by atoms with Crippen LogP contribution in [0.5, 0.6) is 0 Å². The van der Waals surface area contributed by atoms with Gasteiger partial charge >= 0.3 is 5.97 Å². The highest BCUT2D eigenvalue weighted by Gasteiger charge is 2.20. The van der Waals surface area contributed by atoms with E-state index in [-0.39, 0.29) is 23.6 Å². The number of nitrogens with one attached hydrogen (secondary N) is 1. The van der Waals surface area contributed by atoms with Crippen molar-refractivity contribution in [1.82, 2.24) is 9.97 Å². The van der Waals surface area contributed by atoms with Gasteiger partial charge in [-0.05, 0) is 44.0 Å². The van der Waals surface area contributed by atoms with Crippen molar-refractivity contribution in [2.24, 2.45) is 0 Å². The highest BCUT2D eigenvalue weighted by atomic mass is 35.5. The Kier molecular flexibility index (Phi) is 5.25. The third-order valence-electron chi connectivity index (χ3n) is 3.99. The number of carbonyl (C=O) groups is 1. The number of esters is 1. The van der Waals surface area contributed by atoms with Gasteiger partial charge in [-0.25, -0.2) is 9.78 Å². The van der Waals surface area contributed by atoms with Crippen LogP contribution in [0.1, 0.15) is 28.8 Å². The molecule has 0 saturated carbocycles. The molecule has 5 nitrogen and oxygen atoms in total. The number of aryl methyl sites for hydroxylation is 2. The van der Waals surface area contributed by atoms with Crippen LogP contribution in [-0.2, 0) is 9.53 Å². The number of fused-ring (bicyclic) bond motifs is 1. The van der Waals surface area contributed by atoms with Gasteiger partial charge in [0, 0.05) is 9.90 Å². The molecule has 26 heavy (non-hydrogen) atoms. The van der Waals surface area contributed by atoms with E-state index < -0.39 is 5.97 Å². The Morgan fingerprint density at radius 2 is 2.08 bits per heavy atom. The number of aromatic amines is 1. The van der Waals surface area contributed by atoms with Crippen molar-refractivity contribution < 1.29 is 9.53 Å². The number of H-pyrrole nitrogens is 1. The zero-order valence-electron chi connectivity index (χ0n) is 14.6. The fourth-order valence-corrected chi connectivity index (χ4v) is 3.78. The number of hydrogen-bond donors (Lipinski definition) is 1. The van der Waals surface area contributed by atoms with Gasteiger partial charge in [0.2, 0.25) is 0 Å². The molecule has 1 aromatic carbocycles. The molecule has 0 aliphatic rings. The molecule has 0 radical (unpaired) electrons. The summed E-state index contributed by atoms with van der Waals surface area (Å²) >= 11 is 7.62. The summed E-state index contributed by atoms with van der Waals surface area (Å²) in [5.74, 6) is -0.401. The Bertz CT molecular complexity index is 1080. The molecule has 1 N–H and O–H groups in total. The van der Waals surface area contributed by atoms with Crippen LogP contribution in [0, 0.1) is 13.8 Å². The summed E-state index contributed by atoms with van der Waals surface area (Å²) in [5.41, 5.74) is 1.42. The van der Waals surface area contributed by atoms with Crippen LogP contribution in [-0.4, -0.2) is 22.5 Å². The molecule has 0 bridgehead atoms. The van der Waals surface area contributed by atoms with E-state index >= 15 is 0 Å². The maximum absolute atomic E-state index is 12.5. The van der Waals surface area contributed by atoms with Crippen LogP contribution in [0.25, 0.3) is 21.9 Å². The highest BCUT2D eigenvalue weighted by molar-refractivity contribution is 7.18. The Balaban J connectivity index is 2.23. The predicted molar refractivity (Wildman–Crippen MR) is 106 cm³/mol. The summed E-state index contributed by atoms with van der Waals surface area (Å²) in [7, 11) is 0. The summed E-state index contributed by atoms with van der Waals surface area (Å²) in [6.07, 6.45) is 1.58. The molecule has 0 atom stereocenters. The second-order valence-corrected chi connectivity index (χ2v) is 7.29. The van der Waals surface area contributed by atoms with Crippen molar-refractivity contribution in [3.05, 3.63) is 61.5 Å². The van der Waals surface area contributed by atoms with Crippen LogP contribution in [0.4, 0.5) is 0 Å². The quantitative estimate of drug-likeness (QED) is 0.532. The van der Waals surface area contributed by atoms with Crippen molar-refractivity contribution in [3.63, 3.8) is 0 Å². The van der Waals surface area contributed by atoms with E-state index in [1.54, 1.807) is 31.2 Å². The Morgan fingerprint density at radius 1 is 1.35 bits per heavy atom. The lowest BCUT2D eigenvalue weighted by Crippen LogP contribution is -2.15. The fourth-order valence-electron chi connectivity index (χ4n) is 2.56. The minimum atomic E-state index is -0.570. The van der Waals surface area contributed by atoms with Gasteiger partial charge in [0.05, 0.1) is 12.0 Å². The van der Waals surface area contributed by atoms with Gasteiger partial charge in [-0.3, -0.25) is 4.79 Å². The summed E-state index contributed by atoms with van der Waals surface area (Å²) < 4.78 is 5.14. The molecule has 3 aromatic rings. The van der Waals surface area contributed by atoms with Crippen molar-refractivity contribution in [3.8, 4) is 0 Å². The van der Waals surface area contributed by atoms with E-state index in [1.165, 1.54) is 11.3 Å². The second-order valence-electron chi connectivity index (χ2n) is 5.68. The minimum Gasteiger partial charge on any atom is -0.462 e. The molecule has 0 aliphatic carbocycles. The van der Waals surface area contributed by atoms with E-state index in [2.05, 4.69) is 9.97 Å². The molecule has 7 heteroatoms. The van der Waals surface area contributed by atoms with Crippen molar-refractivity contribution in [2.45, 2.75) is 20.8 Å². The number of aromatic nitrogens is 2. The number of ether oxygens (including phenoxy) is 1. The summed E-state index contributed by atoms with van der Waals surface area (Å²) in [6.45, 7) is 5.75. The number of halogens is 1. The zero-order valence-corrected chi connectivity index (χ0v) is 16.1. The standard InChI is InChI=1S/C19H17ClN2O3S/c1-4-25-19(24)13(9-12-7-5-6-8-14(12)20)16-21-17(23)15-10(2)11(3)26-18(15)22-16/h5-9H,4H2,1-3H3,(H,21,22,23). The van der Waals surface area contributed by atoms with Gasteiger partial charge in [0.1, 0.15) is 16.2 Å². The number of hydrogen-bond acceptors (Lipinski definition) is 5. The molecule has 2 aromatic heterocycles. The molecule has 0 fully saturated rings. The SMILES string of the molecule is CCOC(=O)C(=Cc1ccccc1Cl)c1nc2sc(C)c(C)c2c(=O)[nH]1. The monoisotopic (exact) mass is 388 g/mol. The lowest BCUT2D eigenvalue weighted by atomic mass is 10.1. The number of rotatable bonds is 4. The average Bonchev–Trinajstić information content (AvgIpc) is 2.89. The van der Waals surface area contributed by atoms with Gasteiger partial charge < -0.3 is 9.72 Å². The largest absolute Gasteiger partial charge is 0.462 e. The first-order valence-electron chi connectivity index (χ1n) is 8.06. The first-order chi connectivity index (χ1) is 12.4. The van der Waals surface area contributed by atoms with Crippen LogP contribution in [0.2, 0.25) is 5.02 Å². The average molecular weight is 389 g/mol. The van der Waals surface area contributed by atoms with Gasteiger partial charge in [-0.2, -0.15) is 0 Å². The Labute approximate surface area is 159 Å². The summed E-state index contributed by atoms with van der Waals surface area (Å²) in [4.78, 5) is 33.8. The van der Waals surface area contributed by atoms with E-state index in [0.717, 1.165) is 10.4 Å². The van der Waals surface area contributed by atoms with E-state index in [0.29, 0.717) is 20.8 Å². The minimum absolute atomic E-state index is 0.155. The Hall–Kier alpha value is -2.44. The molecule has 2 heterocycles. The molecule has 0 saturated heterocycles. The molecular weight excluding hydrogens is 372 g/mol. The predicted octanol–water partition coefficient (Wildman–Crippen LogP) is 4.36. The van der Waals surface area contributed by atoms with E-state index in [1.807, 2.05) is 19.9 Å². The molecule has 3 rings (SSSR count). The lowest BCUT2D eigenvalue weighted by molar-refractivity contribution is -0.136. The number of nitrogens with zero attached hydrogens (tertiary/aromatic N) is 1. The van der Waals surface area contributed by atoms with Crippen molar-refractivity contribution in [2.75, 3.05) is 6.61 Å². The molecular formula is C19H17ClN2O3S.